The van der Waals surface area contributed by atoms with E-state index in [4.69, 9.17) is 0 Å². The van der Waals surface area contributed by atoms with Crippen LogP contribution in [0.3, 0.4) is 0 Å². The van der Waals surface area contributed by atoms with Gasteiger partial charge in [0, 0.05) is 39.3 Å². The monoisotopic (exact) mass is 371 g/mol. The highest BCUT2D eigenvalue weighted by Gasteiger charge is 2.37. The molecule has 2 aliphatic heterocycles. The Hall–Kier alpha value is -1.88. The van der Waals surface area contributed by atoms with Crippen molar-refractivity contribution in [1.82, 2.24) is 14.7 Å². The van der Waals surface area contributed by atoms with Gasteiger partial charge in [0.2, 0.25) is 11.8 Å². The van der Waals surface area contributed by atoms with Crippen molar-refractivity contribution in [2.24, 2.45) is 5.92 Å². The van der Waals surface area contributed by atoms with E-state index in [1.807, 2.05) is 28.0 Å². The number of carbonyl (C=O) groups is 2. The Morgan fingerprint density at radius 3 is 2.48 bits per heavy atom. The van der Waals surface area contributed by atoms with Crippen molar-refractivity contribution >= 4 is 11.8 Å². The van der Waals surface area contributed by atoms with Crippen LogP contribution in [0.25, 0.3) is 0 Å². The maximum atomic E-state index is 12.7. The Morgan fingerprint density at radius 2 is 1.81 bits per heavy atom. The summed E-state index contributed by atoms with van der Waals surface area (Å²) < 4.78 is 0. The van der Waals surface area contributed by atoms with Crippen molar-refractivity contribution in [3.8, 4) is 0 Å². The molecular weight excluding hydrogens is 338 g/mol. The van der Waals surface area contributed by atoms with Gasteiger partial charge in [-0.2, -0.15) is 0 Å². The summed E-state index contributed by atoms with van der Waals surface area (Å²) in [4.78, 5) is 31.6. The van der Waals surface area contributed by atoms with E-state index in [1.165, 1.54) is 5.56 Å². The highest BCUT2D eigenvalue weighted by Crippen LogP contribution is 2.20. The van der Waals surface area contributed by atoms with Crippen LogP contribution in [0, 0.1) is 12.8 Å². The molecule has 1 aromatic carbocycles. The van der Waals surface area contributed by atoms with Crippen molar-refractivity contribution in [2.45, 2.75) is 46.1 Å². The summed E-state index contributed by atoms with van der Waals surface area (Å²) in [6, 6.07) is 8.10. The largest absolute Gasteiger partial charge is 0.341 e. The fourth-order valence-electron chi connectivity index (χ4n) is 4.06. The van der Waals surface area contributed by atoms with Crippen molar-refractivity contribution in [3.63, 3.8) is 0 Å². The van der Waals surface area contributed by atoms with Crippen molar-refractivity contribution < 1.29 is 9.59 Å². The highest BCUT2D eigenvalue weighted by atomic mass is 16.2. The summed E-state index contributed by atoms with van der Waals surface area (Å²) in [6.45, 7) is 11.3. The van der Waals surface area contributed by atoms with Crippen LogP contribution in [0.2, 0.25) is 0 Å². The number of hydrogen-bond donors (Lipinski definition) is 0. The van der Waals surface area contributed by atoms with E-state index < -0.39 is 0 Å². The first-order valence-corrected chi connectivity index (χ1v) is 10.3. The van der Waals surface area contributed by atoms with Gasteiger partial charge >= 0.3 is 0 Å². The molecule has 148 valence electrons. The summed E-state index contributed by atoms with van der Waals surface area (Å²) in [5, 5.41) is 0. The molecule has 0 aliphatic carbocycles. The number of hydrogen-bond acceptors (Lipinski definition) is 3. The van der Waals surface area contributed by atoms with Gasteiger partial charge < -0.3 is 9.80 Å². The predicted molar refractivity (Wildman–Crippen MR) is 107 cm³/mol. The molecule has 0 N–H and O–H groups in total. The molecule has 0 saturated carbocycles. The van der Waals surface area contributed by atoms with E-state index in [0.29, 0.717) is 12.3 Å². The van der Waals surface area contributed by atoms with Gasteiger partial charge in [-0.1, -0.05) is 38.1 Å². The standard InChI is InChI=1S/C22H33N3O2/c1-17(2)8-10-25-11-9-20(22(25)27)23-12-14-24(15-13-23)21(26)16-19-7-5-4-6-18(19)3/h4-7,17,20H,8-16H2,1-3H3. The third kappa shape index (κ3) is 4.89. The number of likely N-dealkylation sites (tertiary alicyclic amines) is 1. The molecule has 2 saturated heterocycles. The zero-order chi connectivity index (χ0) is 19.4. The smallest absolute Gasteiger partial charge is 0.239 e. The van der Waals surface area contributed by atoms with Crippen LogP contribution in [-0.4, -0.2) is 71.8 Å². The molecule has 1 unspecified atom stereocenters. The first kappa shape index (κ1) is 19.9. The maximum absolute atomic E-state index is 12.7. The minimum Gasteiger partial charge on any atom is -0.341 e. The van der Waals surface area contributed by atoms with Gasteiger partial charge in [0.25, 0.3) is 0 Å². The first-order chi connectivity index (χ1) is 13.0. The lowest BCUT2D eigenvalue weighted by atomic mass is 10.0. The van der Waals surface area contributed by atoms with Crippen LogP contribution in [-0.2, 0) is 16.0 Å². The number of aryl methyl sites for hydroxylation is 1. The summed E-state index contributed by atoms with van der Waals surface area (Å²) in [6.07, 6.45) is 2.46. The second-order valence-electron chi connectivity index (χ2n) is 8.33. The lowest BCUT2D eigenvalue weighted by Crippen LogP contribution is -2.54. The molecule has 3 rings (SSSR count). The van der Waals surface area contributed by atoms with Crippen LogP contribution in [0.1, 0.15) is 37.8 Å². The molecule has 2 aliphatic rings. The quantitative estimate of drug-likeness (QED) is 0.771. The average molecular weight is 372 g/mol. The van der Waals surface area contributed by atoms with Gasteiger partial charge in [0.05, 0.1) is 12.5 Å². The lowest BCUT2D eigenvalue weighted by Gasteiger charge is -2.37. The Bertz CT molecular complexity index is 665. The summed E-state index contributed by atoms with van der Waals surface area (Å²) in [5.41, 5.74) is 2.28. The van der Waals surface area contributed by atoms with Gasteiger partial charge in [-0.15, -0.1) is 0 Å². The third-order valence-electron chi connectivity index (χ3n) is 5.96. The van der Waals surface area contributed by atoms with Gasteiger partial charge in [0.1, 0.15) is 0 Å². The van der Waals surface area contributed by atoms with E-state index in [0.717, 1.165) is 57.7 Å². The zero-order valence-corrected chi connectivity index (χ0v) is 17.0. The van der Waals surface area contributed by atoms with E-state index in [-0.39, 0.29) is 17.9 Å². The normalized spacial score (nSPS) is 21.3. The molecule has 0 aromatic heterocycles. The fourth-order valence-corrected chi connectivity index (χ4v) is 4.06. The molecular formula is C22H33N3O2. The predicted octanol–water partition coefficient (Wildman–Crippen LogP) is 2.33. The van der Waals surface area contributed by atoms with Crippen LogP contribution in [0.15, 0.2) is 24.3 Å². The number of nitrogens with zero attached hydrogens (tertiary/aromatic N) is 3. The van der Waals surface area contributed by atoms with E-state index in [2.05, 4.69) is 31.7 Å². The topological polar surface area (TPSA) is 43.9 Å². The second kappa shape index (κ2) is 8.87. The molecule has 0 spiro atoms. The molecule has 5 heteroatoms. The summed E-state index contributed by atoms with van der Waals surface area (Å²) in [5.74, 6) is 1.11. The van der Waals surface area contributed by atoms with Gasteiger partial charge in [0.15, 0.2) is 0 Å². The Morgan fingerprint density at radius 1 is 1.11 bits per heavy atom. The summed E-state index contributed by atoms with van der Waals surface area (Å²) >= 11 is 0. The maximum Gasteiger partial charge on any atom is 0.239 e. The third-order valence-corrected chi connectivity index (χ3v) is 5.96. The van der Waals surface area contributed by atoms with E-state index in [9.17, 15) is 9.59 Å². The molecule has 1 atom stereocenters. The van der Waals surface area contributed by atoms with Crippen molar-refractivity contribution in [3.05, 3.63) is 35.4 Å². The molecule has 2 fully saturated rings. The molecule has 2 amide bonds. The highest BCUT2D eigenvalue weighted by molar-refractivity contribution is 5.84. The second-order valence-corrected chi connectivity index (χ2v) is 8.33. The number of amides is 2. The van der Waals surface area contributed by atoms with E-state index in [1.54, 1.807) is 0 Å². The average Bonchev–Trinajstić information content (AvgIpc) is 3.02. The number of carbonyl (C=O) groups excluding carboxylic acids is 2. The fraction of sp³-hybridized carbons (Fsp3) is 0.636. The Balaban J connectivity index is 1.48. The van der Waals surface area contributed by atoms with E-state index >= 15 is 0 Å². The zero-order valence-electron chi connectivity index (χ0n) is 17.0. The number of rotatable bonds is 6. The van der Waals surface area contributed by atoms with Crippen molar-refractivity contribution in [1.29, 1.82) is 0 Å². The van der Waals surface area contributed by atoms with Crippen molar-refractivity contribution in [2.75, 3.05) is 39.3 Å². The van der Waals surface area contributed by atoms with Gasteiger partial charge in [-0.3, -0.25) is 14.5 Å². The Labute approximate surface area is 163 Å². The van der Waals surface area contributed by atoms with Crippen LogP contribution >= 0.6 is 0 Å². The minimum absolute atomic E-state index is 0.0192. The van der Waals surface area contributed by atoms with Gasteiger partial charge in [-0.25, -0.2) is 0 Å². The molecule has 0 bridgehead atoms. The molecule has 5 nitrogen and oxygen atoms in total. The minimum atomic E-state index is 0.0192. The molecule has 2 heterocycles. The van der Waals surface area contributed by atoms with Crippen LogP contribution < -0.4 is 0 Å². The van der Waals surface area contributed by atoms with Crippen LogP contribution in [0.4, 0.5) is 0 Å². The summed E-state index contributed by atoms with van der Waals surface area (Å²) in [7, 11) is 0. The molecule has 27 heavy (non-hydrogen) atoms. The molecule has 1 aromatic rings. The number of piperazine rings is 1. The van der Waals surface area contributed by atoms with Gasteiger partial charge in [-0.05, 0) is 36.8 Å². The SMILES string of the molecule is Cc1ccccc1CC(=O)N1CCN(C2CCN(CCC(C)C)C2=O)CC1. The Kier molecular flexibility index (Phi) is 6.53. The molecule has 0 radical (unpaired) electrons. The first-order valence-electron chi connectivity index (χ1n) is 10.3. The van der Waals surface area contributed by atoms with Crippen LogP contribution in [0.5, 0.6) is 0 Å². The lowest BCUT2D eigenvalue weighted by molar-refractivity contribution is -0.135. The number of benzene rings is 1.